The van der Waals surface area contributed by atoms with Gasteiger partial charge in [0, 0.05) is 25.9 Å². The van der Waals surface area contributed by atoms with Crippen LogP contribution >= 0.6 is 0 Å². The largest absolute Gasteiger partial charge is 0.501 e. The van der Waals surface area contributed by atoms with Gasteiger partial charge in [-0.2, -0.15) is 0 Å². The summed E-state index contributed by atoms with van der Waals surface area (Å²) in [6.45, 7) is 8.72. The van der Waals surface area contributed by atoms with Crippen molar-refractivity contribution in [1.29, 1.82) is 0 Å². The van der Waals surface area contributed by atoms with Crippen LogP contribution in [0, 0.1) is 0 Å². The van der Waals surface area contributed by atoms with Crippen molar-refractivity contribution in [2.24, 2.45) is 0 Å². The van der Waals surface area contributed by atoms with Gasteiger partial charge in [-0.25, -0.2) is 0 Å². The van der Waals surface area contributed by atoms with Crippen molar-refractivity contribution in [3.63, 3.8) is 0 Å². The molecule has 0 spiro atoms. The molecule has 0 unspecified atom stereocenters. The van der Waals surface area contributed by atoms with E-state index in [0.717, 1.165) is 76.6 Å². The van der Waals surface area contributed by atoms with Crippen LogP contribution in [-0.4, -0.2) is 35.7 Å². The molecule has 0 saturated heterocycles. The number of rotatable bonds is 16. The van der Waals surface area contributed by atoms with Gasteiger partial charge in [0.05, 0.1) is 7.11 Å². The SMILES string of the molecule is CCCCO[Si](CCc1ccc(OC)cc1)(OCCCC)OCCCC. The van der Waals surface area contributed by atoms with Crippen molar-refractivity contribution >= 4 is 8.80 Å². The molecule has 5 heteroatoms. The maximum atomic E-state index is 6.30. The normalized spacial score (nSPS) is 11.7. The van der Waals surface area contributed by atoms with Gasteiger partial charge < -0.3 is 18.0 Å². The third-order valence-electron chi connectivity index (χ3n) is 4.34. The first-order valence-corrected chi connectivity index (χ1v) is 12.2. The molecule has 0 aliphatic rings. The van der Waals surface area contributed by atoms with Crippen molar-refractivity contribution in [3.05, 3.63) is 29.8 Å². The van der Waals surface area contributed by atoms with Gasteiger partial charge in [0.1, 0.15) is 5.75 Å². The van der Waals surface area contributed by atoms with Crippen LogP contribution in [0.1, 0.15) is 64.9 Å². The number of benzene rings is 1. The lowest BCUT2D eigenvalue weighted by molar-refractivity contribution is 0.0564. The standard InChI is InChI=1S/C21H38O4Si/c1-5-8-16-23-26(24-17-9-6-2,25-18-10-7-3)19-15-20-11-13-21(22-4)14-12-20/h11-14H,5-10,15-19H2,1-4H3. The molecule has 0 radical (unpaired) electrons. The van der Waals surface area contributed by atoms with Crippen molar-refractivity contribution < 1.29 is 18.0 Å². The molecular formula is C21H38O4Si. The molecule has 1 rings (SSSR count). The second-order valence-corrected chi connectivity index (χ2v) is 9.37. The van der Waals surface area contributed by atoms with Gasteiger partial charge in [-0.05, 0) is 43.4 Å². The summed E-state index contributed by atoms with van der Waals surface area (Å²) in [6, 6.07) is 9.07. The summed E-state index contributed by atoms with van der Waals surface area (Å²) in [5.74, 6) is 0.884. The van der Waals surface area contributed by atoms with Crippen molar-refractivity contribution in [1.82, 2.24) is 0 Å². The number of hydrogen-bond acceptors (Lipinski definition) is 4. The summed E-state index contributed by atoms with van der Waals surface area (Å²) in [6.07, 6.45) is 7.40. The van der Waals surface area contributed by atoms with E-state index in [1.807, 2.05) is 12.1 Å². The first-order chi connectivity index (χ1) is 12.7. The molecule has 0 saturated carbocycles. The molecule has 0 bridgehead atoms. The van der Waals surface area contributed by atoms with E-state index in [2.05, 4.69) is 32.9 Å². The smallest absolute Gasteiger partial charge is 0.497 e. The van der Waals surface area contributed by atoms with E-state index in [4.69, 9.17) is 18.0 Å². The zero-order chi connectivity index (χ0) is 19.1. The van der Waals surface area contributed by atoms with Gasteiger partial charge in [-0.1, -0.05) is 52.2 Å². The summed E-state index contributed by atoms with van der Waals surface area (Å²) in [4.78, 5) is 0. The lowest BCUT2D eigenvalue weighted by Crippen LogP contribution is -2.47. The van der Waals surface area contributed by atoms with E-state index >= 15 is 0 Å². The maximum absolute atomic E-state index is 6.30. The van der Waals surface area contributed by atoms with E-state index in [0.29, 0.717) is 0 Å². The first-order valence-electron chi connectivity index (χ1n) is 10.2. The highest BCUT2D eigenvalue weighted by molar-refractivity contribution is 6.60. The van der Waals surface area contributed by atoms with Gasteiger partial charge in [0.25, 0.3) is 0 Å². The number of methoxy groups -OCH3 is 1. The fourth-order valence-electron chi connectivity index (χ4n) is 2.55. The van der Waals surface area contributed by atoms with Gasteiger partial charge in [0.2, 0.25) is 0 Å². The Hall–Kier alpha value is -0.883. The fraction of sp³-hybridized carbons (Fsp3) is 0.714. The van der Waals surface area contributed by atoms with Crippen LogP contribution in [0.5, 0.6) is 5.75 Å². The van der Waals surface area contributed by atoms with Crippen LogP contribution in [-0.2, 0) is 19.7 Å². The van der Waals surface area contributed by atoms with Crippen LogP contribution in [0.25, 0.3) is 0 Å². The first kappa shape index (κ1) is 23.2. The average Bonchev–Trinajstić information content (AvgIpc) is 2.67. The third-order valence-corrected chi connectivity index (χ3v) is 7.13. The zero-order valence-electron chi connectivity index (χ0n) is 17.2. The second-order valence-electron chi connectivity index (χ2n) is 6.64. The van der Waals surface area contributed by atoms with Crippen LogP contribution in [0.3, 0.4) is 0 Å². The summed E-state index contributed by atoms with van der Waals surface area (Å²) in [5.41, 5.74) is 1.26. The van der Waals surface area contributed by atoms with Gasteiger partial charge in [-0.15, -0.1) is 0 Å². The maximum Gasteiger partial charge on any atom is 0.501 e. The van der Waals surface area contributed by atoms with E-state index in [1.54, 1.807) is 7.11 Å². The molecular weight excluding hydrogens is 344 g/mol. The fourth-order valence-corrected chi connectivity index (χ4v) is 5.19. The van der Waals surface area contributed by atoms with Gasteiger partial charge >= 0.3 is 8.80 Å². The Labute approximate surface area is 161 Å². The van der Waals surface area contributed by atoms with E-state index in [9.17, 15) is 0 Å². The molecule has 4 nitrogen and oxygen atoms in total. The summed E-state index contributed by atoms with van der Waals surface area (Å²) in [7, 11) is -0.951. The summed E-state index contributed by atoms with van der Waals surface area (Å²) < 4.78 is 24.1. The van der Waals surface area contributed by atoms with Gasteiger partial charge in [-0.3, -0.25) is 0 Å². The molecule has 0 aliphatic heterocycles. The lowest BCUT2D eigenvalue weighted by atomic mass is 10.2. The van der Waals surface area contributed by atoms with E-state index in [-0.39, 0.29) is 0 Å². The predicted octanol–water partition coefficient (Wildman–Crippen LogP) is 5.63. The Bertz CT molecular complexity index is 423. The number of hydrogen-bond donors (Lipinski definition) is 0. The molecule has 26 heavy (non-hydrogen) atoms. The molecule has 0 N–H and O–H groups in total. The highest BCUT2D eigenvalue weighted by Crippen LogP contribution is 2.22. The van der Waals surface area contributed by atoms with Crippen molar-refractivity contribution in [3.8, 4) is 5.75 Å². The van der Waals surface area contributed by atoms with Gasteiger partial charge in [0.15, 0.2) is 0 Å². The molecule has 0 heterocycles. The Morgan fingerprint density at radius 2 is 1.19 bits per heavy atom. The van der Waals surface area contributed by atoms with Crippen molar-refractivity contribution in [2.45, 2.75) is 71.8 Å². The molecule has 1 aromatic rings. The highest BCUT2D eigenvalue weighted by atomic mass is 28.4. The zero-order valence-corrected chi connectivity index (χ0v) is 18.2. The number of unbranched alkanes of at least 4 members (excludes halogenated alkanes) is 3. The van der Waals surface area contributed by atoms with E-state index in [1.165, 1.54) is 5.56 Å². The number of ether oxygens (including phenoxy) is 1. The predicted molar refractivity (Wildman–Crippen MR) is 110 cm³/mol. The monoisotopic (exact) mass is 382 g/mol. The molecule has 0 aromatic heterocycles. The van der Waals surface area contributed by atoms with E-state index < -0.39 is 8.80 Å². The number of aryl methyl sites for hydroxylation is 1. The molecule has 0 aliphatic carbocycles. The molecule has 0 fully saturated rings. The van der Waals surface area contributed by atoms with Crippen LogP contribution < -0.4 is 4.74 Å². The topological polar surface area (TPSA) is 36.9 Å². The summed E-state index contributed by atoms with van der Waals surface area (Å²) in [5, 5.41) is 0. The Balaban J connectivity index is 2.76. The molecule has 1 aromatic carbocycles. The molecule has 0 atom stereocenters. The second kappa shape index (κ2) is 14.2. The lowest BCUT2D eigenvalue weighted by Gasteiger charge is -2.30. The Kier molecular flexibility index (Phi) is 12.7. The van der Waals surface area contributed by atoms with Crippen LogP contribution in [0.15, 0.2) is 24.3 Å². The quantitative estimate of drug-likeness (QED) is 0.274. The molecule has 150 valence electrons. The summed E-state index contributed by atoms with van der Waals surface area (Å²) >= 11 is 0. The van der Waals surface area contributed by atoms with Crippen LogP contribution in [0.4, 0.5) is 0 Å². The molecule has 0 amide bonds. The highest BCUT2D eigenvalue weighted by Gasteiger charge is 2.40. The minimum Gasteiger partial charge on any atom is -0.497 e. The minimum atomic E-state index is -2.64. The average molecular weight is 383 g/mol. The van der Waals surface area contributed by atoms with Crippen molar-refractivity contribution in [2.75, 3.05) is 26.9 Å². The van der Waals surface area contributed by atoms with Crippen LogP contribution in [0.2, 0.25) is 6.04 Å². The Morgan fingerprint density at radius 1 is 0.731 bits per heavy atom. The third kappa shape index (κ3) is 9.17. The Morgan fingerprint density at radius 3 is 1.58 bits per heavy atom. The minimum absolute atomic E-state index is 0.726.